The molecule has 3 rings (SSSR count). The normalized spacial score (nSPS) is 14.2. The summed E-state index contributed by atoms with van der Waals surface area (Å²) < 4.78 is 5.50. The Morgan fingerprint density at radius 2 is 1.47 bits per heavy atom. The molecule has 32 heavy (non-hydrogen) atoms. The van der Waals surface area contributed by atoms with Crippen molar-refractivity contribution in [2.24, 2.45) is 5.92 Å². The lowest BCUT2D eigenvalue weighted by Crippen LogP contribution is -2.43. The van der Waals surface area contributed by atoms with E-state index in [0.29, 0.717) is 0 Å². The zero-order valence-corrected chi connectivity index (χ0v) is 18.6. The third-order valence-electron chi connectivity index (χ3n) is 5.75. The lowest BCUT2D eigenvalue weighted by Gasteiger charge is -2.22. The molecule has 0 heterocycles. The van der Waals surface area contributed by atoms with E-state index in [4.69, 9.17) is 9.84 Å². The van der Waals surface area contributed by atoms with Gasteiger partial charge in [-0.15, -0.1) is 0 Å². The molecule has 1 aliphatic rings. The van der Waals surface area contributed by atoms with Crippen molar-refractivity contribution in [1.29, 1.82) is 0 Å². The van der Waals surface area contributed by atoms with Crippen LogP contribution in [0, 0.1) is 5.92 Å². The van der Waals surface area contributed by atoms with E-state index in [1.165, 1.54) is 0 Å². The first-order valence-corrected chi connectivity index (χ1v) is 10.9. The first-order valence-electron chi connectivity index (χ1n) is 10.9. The van der Waals surface area contributed by atoms with Gasteiger partial charge in [0, 0.05) is 24.4 Å². The number of ether oxygens (including phenoxy) is 1. The number of hydrogen-bond donors (Lipinski definition) is 3. The van der Waals surface area contributed by atoms with Gasteiger partial charge in [0.25, 0.3) is 0 Å². The maximum atomic E-state index is 12.3. The Kier molecular flexibility index (Phi) is 7.51. The number of nitrogens with one attached hydrogen (secondary N) is 2. The molecule has 2 aromatic rings. The van der Waals surface area contributed by atoms with Gasteiger partial charge in [0.1, 0.15) is 6.61 Å². The molecule has 0 fully saturated rings. The van der Waals surface area contributed by atoms with Gasteiger partial charge in [-0.1, -0.05) is 62.4 Å². The topological polar surface area (TPSA) is 105 Å². The molecule has 0 aliphatic heterocycles. The average molecular weight is 439 g/mol. The SMILES string of the molecule is CC(CC(=O)N[C@@H](CC(=O)O)C(C)C)NC(=O)OCC1c2ccccc2-c2ccccc21. The van der Waals surface area contributed by atoms with Crippen molar-refractivity contribution in [2.45, 2.75) is 51.6 Å². The Balaban J connectivity index is 1.52. The minimum atomic E-state index is -0.964. The fraction of sp³-hybridized carbons (Fsp3) is 0.400. The van der Waals surface area contributed by atoms with Crippen LogP contribution in [0.15, 0.2) is 48.5 Å². The largest absolute Gasteiger partial charge is 0.481 e. The highest BCUT2D eigenvalue weighted by atomic mass is 16.5. The van der Waals surface area contributed by atoms with Crippen molar-refractivity contribution in [3.8, 4) is 11.1 Å². The molecule has 0 bridgehead atoms. The van der Waals surface area contributed by atoms with E-state index in [9.17, 15) is 14.4 Å². The van der Waals surface area contributed by atoms with Crippen molar-refractivity contribution in [2.75, 3.05) is 6.61 Å². The van der Waals surface area contributed by atoms with Gasteiger partial charge >= 0.3 is 12.1 Å². The van der Waals surface area contributed by atoms with Crippen molar-refractivity contribution in [3.63, 3.8) is 0 Å². The monoisotopic (exact) mass is 438 g/mol. The lowest BCUT2D eigenvalue weighted by atomic mass is 9.98. The predicted octanol–water partition coefficient (Wildman–Crippen LogP) is 3.92. The number of fused-ring (bicyclic) bond motifs is 3. The lowest BCUT2D eigenvalue weighted by molar-refractivity contribution is -0.138. The van der Waals surface area contributed by atoms with Gasteiger partial charge in [-0.05, 0) is 35.1 Å². The van der Waals surface area contributed by atoms with Crippen molar-refractivity contribution < 1.29 is 24.2 Å². The van der Waals surface area contributed by atoms with Crippen LogP contribution in [-0.2, 0) is 14.3 Å². The maximum Gasteiger partial charge on any atom is 0.407 e. The van der Waals surface area contributed by atoms with Gasteiger partial charge in [0.05, 0.1) is 6.42 Å². The quantitative estimate of drug-likeness (QED) is 0.550. The van der Waals surface area contributed by atoms with Gasteiger partial charge in [-0.25, -0.2) is 4.79 Å². The first kappa shape index (κ1) is 23.3. The Morgan fingerprint density at radius 1 is 0.906 bits per heavy atom. The van der Waals surface area contributed by atoms with Crippen LogP contribution in [0.4, 0.5) is 4.79 Å². The van der Waals surface area contributed by atoms with Crippen LogP contribution in [0.1, 0.15) is 50.7 Å². The van der Waals surface area contributed by atoms with E-state index >= 15 is 0 Å². The predicted molar refractivity (Wildman–Crippen MR) is 121 cm³/mol. The highest BCUT2D eigenvalue weighted by Gasteiger charge is 2.29. The molecule has 2 aromatic carbocycles. The van der Waals surface area contributed by atoms with Crippen LogP contribution in [0.25, 0.3) is 11.1 Å². The van der Waals surface area contributed by atoms with E-state index in [-0.39, 0.29) is 37.2 Å². The molecule has 2 atom stereocenters. The van der Waals surface area contributed by atoms with E-state index in [1.54, 1.807) is 6.92 Å². The summed E-state index contributed by atoms with van der Waals surface area (Å²) in [6.07, 6.45) is -0.692. The summed E-state index contributed by atoms with van der Waals surface area (Å²) >= 11 is 0. The number of amides is 2. The fourth-order valence-corrected chi connectivity index (χ4v) is 4.08. The molecule has 0 saturated carbocycles. The van der Waals surface area contributed by atoms with E-state index in [2.05, 4.69) is 34.9 Å². The maximum absolute atomic E-state index is 12.3. The average Bonchev–Trinajstić information content (AvgIpc) is 3.05. The highest BCUT2D eigenvalue weighted by Crippen LogP contribution is 2.44. The molecular formula is C25H30N2O5. The molecule has 7 heteroatoms. The minimum Gasteiger partial charge on any atom is -0.481 e. The molecule has 1 unspecified atom stereocenters. The zero-order chi connectivity index (χ0) is 23.3. The first-order chi connectivity index (χ1) is 15.3. The number of benzene rings is 2. The third kappa shape index (κ3) is 5.66. The summed E-state index contributed by atoms with van der Waals surface area (Å²) in [4.78, 5) is 35.6. The Hall–Kier alpha value is -3.35. The number of rotatable bonds is 9. The number of aliphatic carboxylic acids is 1. The van der Waals surface area contributed by atoms with Crippen LogP contribution < -0.4 is 10.6 Å². The third-order valence-corrected chi connectivity index (χ3v) is 5.75. The van der Waals surface area contributed by atoms with Crippen LogP contribution in [0.2, 0.25) is 0 Å². The summed E-state index contributed by atoms with van der Waals surface area (Å²) in [6, 6.07) is 15.3. The summed E-state index contributed by atoms with van der Waals surface area (Å²) in [5, 5.41) is 14.4. The van der Waals surface area contributed by atoms with Crippen LogP contribution in [0.5, 0.6) is 0 Å². The van der Waals surface area contributed by atoms with Crippen molar-refractivity contribution in [3.05, 3.63) is 59.7 Å². The summed E-state index contributed by atoms with van der Waals surface area (Å²) in [6.45, 7) is 5.62. The minimum absolute atomic E-state index is 0.0135. The molecular weight excluding hydrogens is 408 g/mol. The number of hydrogen-bond acceptors (Lipinski definition) is 4. The Morgan fingerprint density at radius 3 is 2.00 bits per heavy atom. The van der Waals surface area contributed by atoms with Gasteiger partial charge in [0.15, 0.2) is 0 Å². The zero-order valence-electron chi connectivity index (χ0n) is 18.6. The molecule has 170 valence electrons. The van der Waals surface area contributed by atoms with Crippen LogP contribution >= 0.6 is 0 Å². The summed E-state index contributed by atoms with van der Waals surface area (Å²) in [5.41, 5.74) is 4.57. The molecule has 0 radical (unpaired) electrons. The molecule has 0 spiro atoms. The number of alkyl carbamates (subject to hydrolysis) is 1. The van der Waals surface area contributed by atoms with Crippen molar-refractivity contribution in [1.82, 2.24) is 10.6 Å². The van der Waals surface area contributed by atoms with E-state index in [0.717, 1.165) is 22.3 Å². The van der Waals surface area contributed by atoms with Crippen molar-refractivity contribution >= 4 is 18.0 Å². The number of carbonyl (C=O) groups is 3. The van der Waals surface area contributed by atoms with Gasteiger partial charge in [-0.3, -0.25) is 9.59 Å². The number of carbonyl (C=O) groups excluding carboxylic acids is 2. The van der Waals surface area contributed by atoms with E-state index < -0.39 is 24.1 Å². The second-order valence-corrected chi connectivity index (χ2v) is 8.59. The number of carboxylic acid groups (broad SMARTS) is 1. The fourth-order valence-electron chi connectivity index (χ4n) is 4.08. The Labute approximate surface area is 188 Å². The molecule has 1 aliphatic carbocycles. The van der Waals surface area contributed by atoms with E-state index in [1.807, 2.05) is 38.1 Å². The molecule has 0 aromatic heterocycles. The standard InChI is InChI=1S/C25H30N2O5/c1-15(2)22(13-24(29)30)27-23(28)12-16(3)26-25(31)32-14-21-19-10-6-4-8-17(19)18-9-5-7-11-20(18)21/h4-11,15-16,21-22H,12-14H2,1-3H3,(H,26,31)(H,27,28)(H,29,30)/t16?,22-/m0/s1. The van der Waals surface area contributed by atoms with Crippen LogP contribution in [0.3, 0.4) is 0 Å². The van der Waals surface area contributed by atoms with Gasteiger partial charge in [-0.2, -0.15) is 0 Å². The molecule has 0 saturated heterocycles. The van der Waals surface area contributed by atoms with Gasteiger partial charge in [0.2, 0.25) is 5.91 Å². The molecule has 7 nitrogen and oxygen atoms in total. The molecule has 3 N–H and O–H groups in total. The summed E-state index contributed by atoms with van der Waals surface area (Å²) in [5.74, 6) is -1.32. The number of carboxylic acids is 1. The second-order valence-electron chi connectivity index (χ2n) is 8.59. The highest BCUT2D eigenvalue weighted by molar-refractivity contribution is 5.80. The smallest absolute Gasteiger partial charge is 0.407 e. The molecule has 2 amide bonds. The van der Waals surface area contributed by atoms with Crippen LogP contribution in [-0.4, -0.2) is 41.8 Å². The second kappa shape index (κ2) is 10.3. The van der Waals surface area contributed by atoms with Gasteiger partial charge < -0.3 is 20.5 Å². The Bertz CT molecular complexity index is 942. The summed E-state index contributed by atoms with van der Waals surface area (Å²) in [7, 11) is 0.